The summed E-state index contributed by atoms with van der Waals surface area (Å²) >= 11 is 6.04. The van der Waals surface area contributed by atoms with E-state index < -0.39 is 0 Å². The van der Waals surface area contributed by atoms with Gasteiger partial charge in [-0.15, -0.1) is 0 Å². The number of benzene rings is 1. The van der Waals surface area contributed by atoms with Crippen LogP contribution in [0.25, 0.3) is 10.9 Å². The highest BCUT2D eigenvalue weighted by atomic mass is 35.5. The minimum absolute atomic E-state index is 0.598. The Morgan fingerprint density at radius 2 is 2.17 bits per heavy atom. The lowest BCUT2D eigenvalue weighted by molar-refractivity contribution is 0.489. The Hall–Kier alpha value is -0.990. The number of aromatic nitrogens is 1. The number of rotatable bonds is 6. The van der Waals surface area contributed by atoms with Gasteiger partial charge in [0, 0.05) is 35.9 Å². The standard InChI is InChI=1S/C15H21ClN2/c1-3-4-12(2)17-8-10-18-9-7-13-5-6-14(16)11-15(13)18/h5-7,9,11-12,17H,3-4,8,10H2,1-2H3. The molecule has 1 aromatic heterocycles. The SMILES string of the molecule is CCCC(C)NCCn1ccc2ccc(Cl)cc21. The minimum Gasteiger partial charge on any atom is -0.346 e. The van der Waals surface area contributed by atoms with Crippen LogP contribution in [-0.2, 0) is 6.54 Å². The van der Waals surface area contributed by atoms with E-state index in [1.54, 1.807) is 0 Å². The molecule has 1 unspecified atom stereocenters. The van der Waals surface area contributed by atoms with E-state index in [2.05, 4.69) is 42.1 Å². The molecule has 2 aromatic rings. The van der Waals surface area contributed by atoms with Crippen LogP contribution in [0.15, 0.2) is 30.5 Å². The number of nitrogens with one attached hydrogen (secondary N) is 1. The van der Waals surface area contributed by atoms with Crippen molar-refractivity contribution in [1.82, 2.24) is 9.88 Å². The number of nitrogens with zero attached hydrogens (tertiary/aromatic N) is 1. The quantitative estimate of drug-likeness (QED) is 0.832. The average molecular weight is 265 g/mol. The summed E-state index contributed by atoms with van der Waals surface area (Å²) in [5.41, 5.74) is 1.22. The van der Waals surface area contributed by atoms with E-state index in [4.69, 9.17) is 11.6 Å². The summed E-state index contributed by atoms with van der Waals surface area (Å²) < 4.78 is 2.26. The van der Waals surface area contributed by atoms with Crippen molar-refractivity contribution in [2.24, 2.45) is 0 Å². The lowest BCUT2D eigenvalue weighted by Crippen LogP contribution is -2.29. The summed E-state index contributed by atoms with van der Waals surface area (Å²) in [6, 6.07) is 8.78. The number of fused-ring (bicyclic) bond motifs is 1. The molecule has 0 aliphatic rings. The highest BCUT2D eigenvalue weighted by molar-refractivity contribution is 6.31. The lowest BCUT2D eigenvalue weighted by atomic mass is 10.2. The Morgan fingerprint density at radius 1 is 1.33 bits per heavy atom. The third-order valence-corrected chi connectivity index (χ3v) is 3.54. The Balaban J connectivity index is 1.97. The summed E-state index contributed by atoms with van der Waals surface area (Å²) in [4.78, 5) is 0. The monoisotopic (exact) mass is 264 g/mol. The molecule has 0 aliphatic heterocycles. The first-order valence-corrected chi connectivity index (χ1v) is 7.06. The Morgan fingerprint density at radius 3 is 2.94 bits per heavy atom. The summed E-state index contributed by atoms with van der Waals surface area (Å²) in [5, 5.41) is 5.60. The third-order valence-electron chi connectivity index (χ3n) is 3.30. The molecule has 1 aromatic carbocycles. The van der Waals surface area contributed by atoms with Gasteiger partial charge < -0.3 is 9.88 Å². The van der Waals surface area contributed by atoms with Crippen LogP contribution in [0.5, 0.6) is 0 Å². The fourth-order valence-corrected chi connectivity index (χ4v) is 2.48. The maximum Gasteiger partial charge on any atom is 0.0495 e. The third kappa shape index (κ3) is 3.27. The first-order valence-electron chi connectivity index (χ1n) is 6.68. The largest absolute Gasteiger partial charge is 0.346 e. The molecule has 0 amide bonds. The molecule has 1 heterocycles. The van der Waals surface area contributed by atoms with Crippen LogP contribution in [-0.4, -0.2) is 17.2 Å². The van der Waals surface area contributed by atoms with E-state index in [0.29, 0.717) is 6.04 Å². The fraction of sp³-hybridized carbons (Fsp3) is 0.467. The molecule has 98 valence electrons. The smallest absolute Gasteiger partial charge is 0.0495 e. The van der Waals surface area contributed by atoms with Crippen LogP contribution in [0.1, 0.15) is 26.7 Å². The first-order chi connectivity index (χ1) is 8.70. The predicted molar refractivity (Wildman–Crippen MR) is 79.3 cm³/mol. The van der Waals surface area contributed by atoms with Crippen LogP contribution < -0.4 is 5.32 Å². The molecule has 1 N–H and O–H groups in total. The maximum absolute atomic E-state index is 6.04. The molecular weight excluding hydrogens is 244 g/mol. The van der Waals surface area contributed by atoms with E-state index in [1.165, 1.54) is 23.7 Å². The maximum atomic E-state index is 6.04. The molecule has 18 heavy (non-hydrogen) atoms. The molecule has 0 aliphatic carbocycles. The zero-order chi connectivity index (χ0) is 13.0. The molecule has 0 spiro atoms. The number of hydrogen-bond acceptors (Lipinski definition) is 1. The minimum atomic E-state index is 0.598. The highest BCUT2D eigenvalue weighted by Gasteiger charge is 2.03. The van der Waals surface area contributed by atoms with Gasteiger partial charge in [0.15, 0.2) is 0 Å². The highest BCUT2D eigenvalue weighted by Crippen LogP contribution is 2.20. The molecule has 2 rings (SSSR count). The molecule has 2 nitrogen and oxygen atoms in total. The van der Waals surface area contributed by atoms with Gasteiger partial charge in [0.25, 0.3) is 0 Å². The number of hydrogen-bond donors (Lipinski definition) is 1. The van der Waals surface area contributed by atoms with Gasteiger partial charge in [-0.2, -0.15) is 0 Å². The Labute approximate surface area is 114 Å². The summed E-state index contributed by atoms with van der Waals surface area (Å²) in [7, 11) is 0. The molecule has 1 atom stereocenters. The lowest BCUT2D eigenvalue weighted by Gasteiger charge is -2.13. The zero-order valence-corrected chi connectivity index (χ0v) is 11.9. The first kappa shape index (κ1) is 13.4. The fourth-order valence-electron chi connectivity index (χ4n) is 2.32. The van der Waals surface area contributed by atoms with E-state index in [0.717, 1.165) is 18.1 Å². The van der Waals surface area contributed by atoms with Gasteiger partial charge in [0.1, 0.15) is 0 Å². The van der Waals surface area contributed by atoms with Crippen molar-refractivity contribution in [3.63, 3.8) is 0 Å². The van der Waals surface area contributed by atoms with Gasteiger partial charge in [-0.05, 0) is 36.9 Å². The van der Waals surface area contributed by atoms with Crippen molar-refractivity contribution in [3.05, 3.63) is 35.5 Å². The van der Waals surface area contributed by atoms with E-state index in [9.17, 15) is 0 Å². The molecule has 0 radical (unpaired) electrons. The second-order valence-corrected chi connectivity index (χ2v) is 5.29. The van der Waals surface area contributed by atoms with Crippen LogP contribution in [0.2, 0.25) is 5.02 Å². The van der Waals surface area contributed by atoms with Gasteiger partial charge in [-0.1, -0.05) is 31.0 Å². The van der Waals surface area contributed by atoms with E-state index in [1.807, 2.05) is 12.1 Å². The number of halogens is 1. The summed E-state index contributed by atoms with van der Waals surface area (Å²) in [5.74, 6) is 0. The molecule has 0 saturated heterocycles. The van der Waals surface area contributed by atoms with E-state index >= 15 is 0 Å². The van der Waals surface area contributed by atoms with Crippen molar-refractivity contribution >= 4 is 22.5 Å². The molecular formula is C15H21ClN2. The van der Waals surface area contributed by atoms with Crippen molar-refractivity contribution in [1.29, 1.82) is 0 Å². The van der Waals surface area contributed by atoms with Crippen molar-refractivity contribution in [2.75, 3.05) is 6.54 Å². The Kier molecular flexibility index (Phi) is 4.67. The second kappa shape index (κ2) is 6.26. The van der Waals surface area contributed by atoms with Crippen molar-refractivity contribution in [3.8, 4) is 0 Å². The van der Waals surface area contributed by atoms with Crippen molar-refractivity contribution < 1.29 is 0 Å². The van der Waals surface area contributed by atoms with Gasteiger partial charge in [-0.25, -0.2) is 0 Å². The van der Waals surface area contributed by atoms with Gasteiger partial charge in [0.05, 0.1) is 0 Å². The topological polar surface area (TPSA) is 17.0 Å². The molecule has 0 bridgehead atoms. The van der Waals surface area contributed by atoms with Crippen LogP contribution in [0.4, 0.5) is 0 Å². The zero-order valence-electron chi connectivity index (χ0n) is 11.1. The van der Waals surface area contributed by atoms with Crippen LogP contribution in [0.3, 0.4) is 0 Å². The van der Waals surface area contributed by atoms with Crippen molar-refractivity contribution in [2.45, 2.75) is 39.3 Å². The van der Waals surface area contributed by atoms with E-state index in [-0.39, 0.29) is 0 Å². The van der Waals surface area contributed by atoms with Gasteiger partial charge in [0.2, 0.25) is 0 Å². The summed E-state index contributed by atoms with van der Waals surface area (Å²) in [6.07, 6.45) is 4.60. The predicted octanol–water partition coefficient (Wildman–Crippen LogP) is 4.07. The van der Waals surface area contributed by atoms with Gasteiger partial charge in [-0.3, -0.25) is 0 Å². The van der Waals surface area contributed by atoms with Crippen LogP contribution >= 0.6 is 11.6 Å². The molecule has 0 fully saturated rings. The van der Waals surface area contributed by atoms with Gasteiger partial charge >= 0.3 is 0 Å². The Bertz CT molecular complexity index is 504. The molecule has 0 saturated carbocycles. The second-order valence-electron chi connectivity index (χ2n) is 4.86. The molecule has 3 heteroatoms. The average Bonchev–Trinajstić information content (AvgIpc) is 2.72. The van der Waals surface area contributed by atoms with Crippen LogP contribution in [0, 0.1) is 0 Å². The summed E-state index contributed by atoms with van der Waals surface area (Å²) in [6.45, 7) is 6.45. The normalized spacial score (nSPS) is 13.1.